The van der Waals surface area contributed by atoms with Crippen molar-refractivity contribution in [2.24, 2.45) is 23.7 Å². The fraction of sp³-hybridized carbons (Fsp3) is 0.762. The highest BCUT2D eigenvalue weighted by Crippen LogP contribution is 2.59. The third-order valence-electron chi connectivity index (χ3n) is 14.2. The van der Waals surface area contributed by atoms with Gasteiger partial charge in [-0.3, -0.25) is 9.59 Å². The van der Waals surface area contributed by atoms with Crippen molar-refractivity contribution < 1.29 is 27.9 Å². The second kappa shape index (κ2) is 13.8. The molecule has 4 saturated heterocycles. The van der Waals surface area contributed by atoms with Crippen molar-refractivity contribution in [1.29, 1.82) is 0 Å². The SMILES string of the molecule is C=CC[C@@H]1C(=O)C[C@@]2(CO[Si](C)(C)C(C)(C)C)C[C@@H]3C=CCC[C@@]13O2.C=CC[C@H]1C(=O)C[C@]2(CO[Si](C)(C)C(C)(C)C)C[C@H]3C=CCC[C@@]31O2. The molecule has 2 aliphatic carbocycles. The first-order valence-electron chi connectivity index (χ1n) is 19.4. The summed E-state index contributed by atoms with van der Waals surface area (Å²) in [5.41, 5.74) is -1.50. The van der Waals surface area contributed by atoms with Gasteiger partial charge >= 0.3 is 0 Å². The Morgan fingerprint density at radius 2 is 1.08 bits per heavy atom. The fourth-order valence-corrected chi connectivity index (χ4v) is 11.4. The predicted octanol–water partition coefficient (Wildman–Crippen LogP) is 10.1. The number of hydrogen-bond acceptors (Lipinski definition) is 6. The van der Waals surface area contributed by atoms with Crippen molar-refractivity contribution in [3.63, 3.8) is 0 Å². The minimum atomic E-state index is -1.86. The highest BCUT2D eigenvalue weighted by atomic mass is 28.4. The third-order valence-corrected chi connectivity index (χ3v) is 23.1. The van der Waals surface area contributed by atoms with Crippen LogP contribution in [-0.2, 0) is 27.9 Å². The van der Waals surface area contributed by atoms with Crippen LogP contribution in [0, 0.1) is 23.7 Å². The number of hydrogen-bond donors (Lipinski definition) is 0. The van der Waals surface area contributed by atoms with Crippen LogP contribution in [0.4, 0.5) is 0 Å². The zero-order valence-electron chi connectivity index (χ0n) is 33.1. The van der Waals surface area contributed by atoms with Gasteiger partial charge in [-0.1, -0.05) is 78.0 Å². The van der Waals surface area contributed by atoms with Crippen LogP contribution < -0.4 is 0 Å². The van der Waals surface area contributed by atoms with Crippen LogP contribution in [0.15, 0.2) is 49.6 Å². The number of rotatable bonds is 10. The molecule has 0 N–H and O–H groups in total. The summed E-state index contributed by atoms with van der Waals surface area (Å²) >= 11 is 0. The quantitative estimate of drug-likeness (QED) is 0.165. The molecule has 280 valence electrons. The number of carbonyl (C=O) groups excluding carboxylic acids is 2. The molecule has 4 bridgehead atoms. The fourth-order valence-electron chi connectivity index (χ4n) is 9.24. The Bertz CT molecular complexity index is 1280. The topological polar surface area (TPSA) is 71.1 Å². The van der Waals surface area contributed by atoms with Crippen LogP contribution in [0.1, 0.15) is 106 Å². The van der Waals surface area contributed by atoms with E-state index in [0.717, 1.165) is 51.4 Å². The molecule has 4 heterocycles. The molecular formula is C42H68O6Si2. The molecule has 0 unspecified atom stereocenters. The Labute approximate surface area is 306 Å². The minimum Gasteiger partial charge on any atom is -0.414 e. The maximum absolute atomic E-state index is 13.0. The number of fused-ring (bicyclic) bond motifs is 2. The first-order valence-corrected chi connectivity index (χ1v) is 25.2. The average Bonchev–Trinajstić information content (AvgIpc) is 3.47. The predicted molar refractivity (Wildman–Crippen MR) is 208 cm³/mol. The van der Waals surface area contributed by atoms with Gasteiger partial charge in [-0.2, -0.15) is 0 Å². The Morgan fingerprint density at radius 1 is 0.720 bits per heavy atom. The van der Waals surface area contributed by atoms with Gasteiger partial charge in [0, 0.05) is 24.7 Å². The molecule has 0 saturated carbocycles. The van der Waals surface area contributed by atoms with E-state index >= 15 is 0 Å². The number of carbonyl (C=O) groups is 2. The Kier molecular flexibility index (Phi) is 11.0. The van der Waals surface area contributed by atoms with E-state index in [2.05, 4.69) is 105 Å². The summed E-state index contributed by atoms with van der Waals surface area (Å²) in [7, 11) is -3.73. The summed E-state index contributed by atoms with van der Waals surface area (Å²) in [6.07, 6.45) is 21.0. The molecule has 4 fully saturated rings. The monoisotopic (exact) mass is 724 g/mol. The van der Waals surface area contributed by atoms with Gasteiger partial charge in [-0.25, -0.2) is 0 Å². The lowest BCUT2D eigenvalue weighted by Crippen LogP contribution is -2.56. The van der Waals surface area contributed by atoms with Crippen molar-refractivity contribution in [2.75, 3.05) is 13.2 Å². The molecule has 2 spiro atoms. The Morgan fingerprint density at radius 3 is 1.40 bits per heavy atom. The normalized spacial score (nSPS) is 37.9. The third kappa shape index (κ3) is 7.12. The summed E-state index contributed by atoms with van der Waals surface area (Å²) in [4.78, 5) is 26.1. The number of ketones is 2. The van der Waals surface area contributed by atoms with E-state index in [1.54, 1.807) is 0 Å². The van der Waals surface area contributed by atoms with Crippen molar-refractivity contribution in [3.05, 3.63) is 49.6 Å². The van der Waals surface area contributed by atoms with E-state index in [9.17, 15) is 9.59 Å². The summed E-state index contributed by atoms with van der Waals surface area (Å²) in [6.45, 7) is 31.5. The zero-order chi connectivity index (χ0) is 37.0. The number of ether oxygens (including phenoxy) is 2. The van der Waals surface area contributed by atoms with Gasteiger partial charge in [-0.05, 0) is 87.6 Å². The molecule has 6 rings (SSSR count). The van der Waals surface area contributed by atoms with Gasteiger partial charge in [0.05, 0.1) is 47.5 Å². The Balaban J connectivity index is 0.000000194. The molecule has 8 heteroatoms. The van der Waals surface area contributed by atoms with Crippen LogP contribution in [0.25, 0.3) is 0 Å². The molecule has 6 nitrogen and oxygen atoms in total. The second-order valence-electron chi connectivity index (χ2n) is 19.6. The summed E-state index contributed by atoms with van der Waals surface area (Å²) in [5, 5.41) is 0.327. The highest BCUT2D eigenvalue weighted by molar-refractivity contribution is 6.74. The standard InChI is InChI=1S/2C21H34O3Si/c2*1-7-10-17-18(22)14-20(15-23-25(5,6)19(2,3)4)13-16-11-8-9-12-21(16,17)24-20/h2*7-8,11,16-17H,1,9-10,12-15H2,2-6H3/t2*16-,17+,20+,21-/m10/s1. The van der Waals surface area contributed by atoms with Crippen molar-refractivity contribution >= 4 is 28.2 Å². The van der Waals surface area contributed by atoms with Gasteiger partial charge in [0.2, 0.25) is 0 Å². The molecule has 6 aliphatic rings. The van der Waals surface area contributed by atoms with E-state index in [1.807, 2.05) is 12.2 Å². The molecular weight excluding hydrogens is 657 g/mol. The minimum absolute atomic E-state index is 0.0385. The Hall–Kier alpha value is -1.43. The molecule has 0 aromatic carbocycles. The van der Waals surface area contributed by atoms with Crippen molar-refractivity contribution in [3.8, 4) is 0 Å². The zero-order valence-corrected chi connectivity index (χ0v) is 35.1. The molecule has 50 heavy (non-hydrogen) atoms. The van der Waals surface area contributed by atoms with Gasteiger partial charge in [-0.15, -0.1) is 13.2 Å². The van der Waals surface area contributed by atoms with Crippen molar-refractivity contribution in [2.45, 2.75) is 164 Å². The van der Waals surface area contributed by atoms with Crippen molar-refractivity contribution in [1.82, 2.24) is 0 Å². The maximum Gasteiger partial charge on any atom is 0.192 e. The van der Waals surface area contributed by atoms with Crippen LogP contribution in [0.5, 0.6) is 0 Å². The molecule has 4 aliphatic heterocycles. The smallest absolute Gasteiger partial charge is 0.192 e. The molecule has 0 radical (unpaired) electrons. The highest BCUT2D eigenvalue weighted by Gasteiger charge is 2.66. The summed E-state index contributed by atoms with van der Waals surface area (Å²) in [6, 6.07) is 0. The first-order chi connectivity index (χ1) is 23.1. The maximum atomic E-state index is 13.0. The van der Waals surface area contributed by atoms with Gasteiger partial charge < -0.3 is 18.3 Å². The summed E-state index contributed by atoms with van der Waals surface area (Å²) in [5.74, 6) is 1.29. The lowest BCUT2D eigenvalue weighted by Gasteiger charge is -2.47. The first kappa shape index (κ1) is 39.8. The van der Waals surface area contributed by atoms with Crippen LogP contribution in [0.2, 0.25) is 36.3 Å². The lowest BCUT2D eigenvalue weighted by atomic mass is 9.69. The number of allylic oxidation sites excluding steroid dienone is 4. The van der Waals surface area contributed by atoms with E-state index in [1.165, 1.54) is 0 Å². The van der Waals surface area contributed by atoms with E-state index in [-0.39, 0.29) is 33.1 Å². The van der Waals surface area contributed by atoms with E-state index in [0.29, 0.717) is 49.5 Å². The molecule has 0 aromatic rings. The summed E-state index contributed by atoms with van der Waals surface area (Å²) < 4.78 is 26.6. The van der Waals surface area contributed by atoms with Gasteiger partial charge in [0.25, 0.3) is 0 Å². The van der Waals surface area contributed by atoms with E-state index in [4.69, 9.17) is 18.3 Å². The molecule has 0 amide bonds. The van der Waals surface area contributed by atoms with E-state index < -0.39 is 27.8 Å². The number of Topliss-reactive ketones (excluding diaryl/α,β-unsaturated/α-hetero) is 2. The second-order valence-corrected chi connectivity index (χ2v) is 29.2. The average molecular weight is 725 g/mol. The van der Waals surface area contributed by atoms with Gasteiger partial charge in [0.15, 0.2) is 16.6 Å². The van der Waals surface area contributed by atoms with Crippen LogP contribution >= 0.6 is 0 Å². The molecule has 0 aromatic heterocycles. The van der Waals surface area contributed by atoms with Crippen LogP contribution in [0.3, 0.4) is 0 Å². The van der Waals surface area contributed by atoms with Crippen LogP contribution in [-0.4, -0.2) is 63.8 Å². The molecule has 8 atom stereocenters. The lowest BCUT2D eigenvalue weighted by molar-refractivity contribution is -0.193. The van der Waals surface area contributed by atoms with Gasteiger partial charge in [0.1, 0.15) is 11.6 Å². The largest absolute Gasteiger partial charge is 0.414 e.